The number of fused-ring (bicyclic) bond motifs is 1. The first-order valence-corrected chi connectivity index (χ1v) is 8.45. The number of carbonyl (C=O) groups excluding carboxylic acids is 1. The number of hydrogen-bond donors (Lipinski definition) is 1. The lowest BCUT2D eigenvalue weighted by Gasteiger charge is -2.06. The highest BCUT2D eigenvalue weighted by Gasteiger charge is 2.22. The van der Waals surface area contributed by atoms with Crippen LogP contribution in [-0.2, 0) is 17.8 Å². The van der Waals surface area contributed by atoms with E-state index in [4.69, 9.17) is 9.26 Å². The summed E-state index contributed by atoms with van der Waals surface area (Å²) >= 11 is 0. The molecule has 6 heteroatoms. The maximum absolute atomic E-state index is 12.1. The van der Waals surface area contributed by atoms with Gasteiger partial charge in [-0.3, -0.25) is 4.79 Å². The molecule has 0 atom stereocenters. The van der Waals surface area contributed by atoms with Crippen LogP contribution in [-0.4, -0.2) is 22.7 Å². The minimum atomic E-state index is -0.104. The maximum Gasteiger partial charge on any atom is 0.226 e. The lowest BCUT2D eigenvalue weighted by molar-refractivity contribution is -0.120. The van der Waals surface area contributed by atoms with E-state index in [1.807, 2.05) is 36.4 Å². The van der Waals surface area contributed by atoms with E-state index in [2.05, 4.69) is 15.5 Å². The van der Waals surface area contributed by atoms with Gasteiger partial charge in [0.15, 0.2) is 5.58 Å². The first kappa shape index (κ1) is 15.6. The molecule has 1 N–H and O–H groups in total. The highest BCUT2D eigenvalue weighted by atomic mass is 16.5. The standard InChI is InChI=1S/C19H19N3O3/c23-18(9-16-15-3-1-2-4-17(15)25-22-16)20-10-14-7-8-19(21-11-14)24-12-13-5-6-13/h1-4,7-8,11,13H,5-6,9-10,12H2,(H,20,23). The molecule has 0 aliphatic heterocycles. The Labute approximate surface area is 145 Å². The summed E-state index contributed by atoms with van der Waals surface area (Å²) in [4.78, 5) is 16.4. The zero-order valence-corrected chi connectivity index (χ0v) is 13.8. The third-order valence-electron chi connectivity index (χ3n) is 4.23. The average Bonchev–Trinajstić information content (AvgIpc) is 3.40. The zero-order valence-electron chi connectivity index (χ0n) is 13.8. The summed E-state index contributed by atoms with van der Waals surface area (Å²) in [5.74, 6) is 1.23. The summed E-state index contributed by atoms with van der Waals surface area (Å²) in [6, 6.07) is 11.3. The molecule has 2 heterocycles. The van der Waals surface area contributed by atoms with Crippen LogP contribution in [0.25, 0.3) is 11.0 Å². The maximum atomic E-state index is 12.1. The first-order chi connectivity index (χ1) is 12.3. The smallest absolute Gasteiger partial charge is 0.226 e. The van der Waals surface area contributed by atoms with Crippen molar-refractivity contribution in [1.82, 2.24) is 15.5 Å². The van der Waals surface area contributed by atoms with Gasteiger partial charge in [-0.2, -0.15) is 0 Å². The van der Waals surface area contributed by atoms with Gasteiger partial charge in [-0.05, 0) is 36.5 Å². The number of nitrogens with one attached hydrogen (secondary N) is 1. The number of benzene rings is 1. The van der Waals surface area contributed by atoms with Crippen molar-refractivity contribution in [2.75, 3.05) is 6.61 Å². The SMILES string of the molecule is O=C(Cc1noc2ccccc12)NCc1ccc(OCC2CC2)nc1. The molecule has 4 rings (SSSR count). The van der Waals surface area contributed by atoms with E-state index in [9.17, 15) is 4.79 Å². The van der Waals surface area contributed by atoms with Crippen molar-refractivity contribution in [3.8, 4) is 5.88 Å². The Kier molecular flexibility index (Phi) is 4.33. The van der Waals surface area contributed by atoms with Crippen LogP contribution >= 0.6 is 0 Å². The lowest BCUT2D eigenvalue weighted by atomic mass is 10.1. The van der Waals surface area contributed by atoms with Crippen LogP contribution in [0, 0.1) is 5.92 Å². The van der Waals surface area contributed by atoms with Gasteiger partial charge >= 0.3 is 0 Å². The molecule has 0 bridgehead atoms. The van der Waals surface area contributed by atoms with E-state index < -0.39 is 0 Å². The van der Waals surface area contributed by atoms with Crippen molar-refractivity contribution in [2.45, 2.75) is 25.8 Å². The second-order valence-electron chi connectivity index (χ2n) is 6.34. The van der Waals surface area contributed by atoms with Gasteiger partial charge in [0.1, 0.15) is 5.69 Å². The quantitative estimate of drug-likeness (QED) is 0.717. The van der Waals surface area contributed by atoms with Crippen LogP contribution in [0.3, 0.4) is 0 Å². The fraction of sp³-hybridized carbons (Fsp3) is 0.316. The molecule has 0 radical (unpaired) electrons. The van der Waals surface area contributed by atoms with Crippen LogP contribution in [0.15, 0.2) is 47.1 Å². The molecule has 6 nitrogen and oxygen atoms in total. The van der Waals surface area contributed by atoms with E-state index >= 15 is 0 Å². The molecule has 1 fully saturated rings. The number of amides is 1. The topological polar surface area (TPSA) is 77.2 Å². The Balaban J connectivity index is 1.29. The predicted molar refractivity (Wildman–Crippen MR) is 92.0 cm³/mol. The van der Waals surface area contributed by atoms with Crippen molar-refractivity contribution >= 4 is 16.9 Å². The molecule has 128 valence electrons. The minimum absolute atomic E-state index is 0.104. The summed E-state index contributed by atoms with van der Waals surface area (Å²) in [5, 5.41) is 7.73. The normalized spacial score (nSPS) is 13.8. The largest absolute Gasteiger partial charge is 0.477 e. The van der Waals surface area contributed by atoms with Crippen LogP contribution < -0.4 is 10.1 Å². The molecule has 1 amide bonds. The van der Waals surface area contributed by atoms with Gasteiger partial charge in [0, 0.05) is 24.2 Å². The summed E-state index contributed by atoms with van der Waals surface area (Å²) < 4.78 is 10.8. The van der Waals surface area contributed by atoms with E-state index in [0.29, 0.717) is 29.6 Å². The summed E-state index contributed by atoms with van der Waals surface area (Å²) in [6.45, 7) is 1.17. The molecule has 1 aromatic carbocycles. The second kappa shape index (κ2) is 6.93. The number of carbonyl (C=O) groups is 1. The predicted octanol–water partition coefficient (Wildman–Crippen LogP) is 2.87. The molecule has 0 unspecified atom stereocenters. The Bertz CT molecular complexity index is 869. The molecule has 0 saturated heterocycles. The molecule has 25 heavy (non-hydrogen) atoms. The Morgan fingerprint density at radius 2 is 2.12 bits per heavy atom. The van der Waals surface area contributed by atoms with E-state index in [0.717, 1.165) is 17.6 Å². The van der Waals surface area contributed by atoms with Gasteiger partial charge in [-0.25, -0.2) is 4.98 Å². The summed E-state index contributed by atoms with van der Waals surface area (Å²) in [6.07, 6.45) is 4.43. The summed E-state index contributed by atoms with van der Waals surface area (Å²) in [5.41, 5.74) is 2.27. The van der Waals surface area contributed by atoms with E-state index in [1.54, 1.807) is 6.20 Å². The number of ether oxygens (including phenoxy) is 1. The van der Waals surface area contributed by atoms with E-state index in [1.165, 1.54) is 12.8 Å². The molecular formula is C19H19N3O3. The van der Waals surface area contributed by atoms with Gasteiger partial charge in [0.05, 0.1) is 13.0 Å². The highest BCUT2D eigenvalue weighted by molar-refractivity contribution is 5.86. The summed E-state index contributed by atoms with van der Waals surface area (Å²) in [7, 11) is 0. The van der Waals surface area contributed by atoms with Crippen molar-refractivity contribution in [3.05, 3.63) is 53.9 Å². The molecule has 1 aliphatic carbocycles. The molecule has 0 spiro atoms. The molecule has 1 saturated carbocycles. The highest BCUT2D eigenvalue weighted by Crippen LogP contribution is 2.29. The second-order valence-corrected chi connectivity index (χ2v) is 6.34. The number of aromatic nitrogens is 2. The third-order valence-corrected chi connectivity index (χ3v) is 4.23. The van der Waals surface area contributed by atoms with Gasteiger partial charge < -0.3 is 14.6 Å². The van der Waals surface area contributed by atoms with Gasteiger partial charge in [0.2, 0.25) is 11.8 Å². The van der Waals surface area contributed by atoms with Crippen molar-refractivity contribution < 1.29 is 14.1 Å². The Morgan fingerprint density at radius 3 is 2.92 bits per heavy atom. The molecule has 1 aliphatic rings. The Hall–Kier alpha value is -2.89. The van der Waals surface area contributed by atoms with Gasteiger partial charge in [-0.15, -0.1) is 0 Å². The van der Waals surface area contributed by atoms with Gasteiger partial charge in [-0.1, -0.05) is 23.4 Å². The lowest BCUT2D eigenvalue weighted by Crippen LogP contribution is -2.24. The van der Waals surface area contributed by atoms with Crippen LogP contribution in [0.2, 0.25) is 0 Å². The van der Waals surface area contributed by atoms with Crippen molar-refractivity contribution in [2.24, 2.45) is 5.92 Å². The third kappa shape index (κ3) is 3.96. The molecular weight excluding hydrogens is 318 g/mol. The zero-order chi connectivity index (χ0) is 17.1. The van der Waals surface area contributed by atoms with Crippen molar-refractivity contribution in [3.63, 3.8) is 0 Å². The van der Waals surface area contributed by atoms with E-state index in [-0.39, 0.29) is 12.3 Å². The number of para-hydroxylation sites is 1. The molecule has 3 aromatic rings. The van der Waals surface area contributed by atoms with Gasteiger partial charge in [0.25, 0.3) is 0 Å². The monoisotopic (exact) mass is 337 g/mol. The Morgan fingerprint density at radius 1 is 1.24 bits per heavy atom. The van der Waals surface area contributed by atoms with Crippen LogP contribution in [0.4, 0.5) is 0 Å². The minimum Gasteiger partial charge on any atom is -0.477 e. The average molecular weight is 337 g/mol. The van der Waals surface area contributed by atoms with Crippen LogP contribution in [0.5, 0.6) is 5.88 Å². The number of rotatable bonds is 7. The number of nitrogens with zero attached hydrogens (tertiary/aromatic N) is 2. The molecule has 2 aromatic heterocycles. The first-order valence-electron chi connectivity index (χ1n) is 8.45. The van der Waals surface area contributed by atoms with Crippen molar-refractivity contribution in [1.29, 1.82) is 0 Å². The number of hydrogen-bond acceptors (Lipinski definition) is 5. The fourth-order valence-electron chi connectivity index (χ4n) is 2.57. The van der Waals surface area contributed by atoms with Crippen LogP contribution in [0.1, 0.15) is 24.1 Å². The number of pyridine rings is 1. The fourth-order valence-corrected chi connectivity index (χ4v) is 2.57.